The first kappa shape index (κ1) is 24.7. The lowest BCUT2D eigenvalue weighted by Crippen LogP contribution is -2.20. The van der Waals surface area contributed by atoms with E-state index in [1.807, 2.05) is 117 Å². The van der Waals surface area contributed by atoms with Crippen LogP contribution in [0.5, 0.6) is 5.75 Å². The number of benzene rings is 4. The van der Waals surface area contributed by atoms with Crippen molar-refractivity contribution in [1.82, 2.24) is 0 Å². The van der Waals surface area contributed by atoms with Crippen molar-refractivity contribution in [2.24, 2.45) is 9.98 Å². The monoisotopic (exact) mass is 500 g/mol. The lowest BCUT2D eigenvalue weighted by atomic mass is 10.0. The van der Waals surface area contributed by atoms with Gasteiger partial charge in [-0.15, -0.1) is 0 Å². The van der Waals surface area contributed by atoms with Gasteiger partial charge in [-0.25, -0.2) is 9.98 Å². The zero-order valence-corrected chi connectivity index (χ0v) is 21.5. The largest absolute Gasteiger partial charge is 0.497 e. The van der Waals surface area contributed by atoms with Gasteiger partial charge in [-0.2, -0.15) is 0 Å². The lowest BCUT2D eigenvalue weighted by Gasteiger charge is -2.14. The van der Waals surface area contributed by atoms with E-state index in [-0.39, 0.29) is 5.91 Å². The third-order valence-corrected chi connectivity index (χ3v) is 6.16. The fourth-order valence-electron chi connectivity index (χ4n) is 4.06. The van der Waals surface area contributed by atoms with Crippen LogP contribution in [0.2, 0.25) is 0 Å². The van der Waals surface area contributed by atoms with Crippen molar-refractivity contribution in [2.45, 2.75) is 13.8 Å². The van der Waals surface area contributed by atoms with Gasteiger partial charge in [0.05, 0.1) is 12.7 Å². The fourth-order valence-corrected chi connectivity index (χ4v) is 4.06. The molecule has 4 aromatic carbocycles. The first-order valence-electron chi connectivity index (χ1n) is 12.3. The van der Waals surface area contributed by atoms with Gasteiger partial charge in [0, 0.05) is 16.9 Å². The first-order valence-corrected chi connectivity index (χ1v) is 12.3. The molecule has 6 heteroatoms. The van der Waals surface area contributed by atoms with E-state index in [1.54, 1.807) is 7.11 Å². The molecule has 1 aliphatic heterocycles. The van der Waals surface area contributed by atoms with Gasteiger partial charge in [-0.1, -0.05) is 77.9 Å². The second kappa shape index (κ2) is 11.0. The molecular formula is C32H28N4O2. The topological polar surface area (TPSA) is 75.1 Å². The van der Waals surface area contributed by atoms with Gasteiger partial charge >= 0.3 is 0 Å². The summed E-state index contributed by atoms with van der Waals surface area (Å²) in [6.07, 6.45) is 0. The van der Waals surface area contributed by atoms with Gasteiger partial charge in [-0.05, 0) is 55.8 Å². The van der Waals surface area contributed by atoms with Crippen molar-refractivity contribution < 1.29 is 9.53 Å². The van der Waals surface area contributed by atoms with Crippen LogP contribution in [-0.2, 0) is 4.79 Å². The Morgan fingerprint density at radius 1 is 0.711 bits per heavy atom. The minimum absolute atomic E-state index is 0.287. The number of anilines is 2. The maximum atomic E-state index is 13.9. The minimum atomic E-state index is -0.287. The Balaban J connectivity index is 1.65. The number of methoxy groups -OCH3 is 1. The van der Waals surface area contributed by atoms with Gasteiger partial charge in [0.1, 0.15) is 11.4 Å². The second-order valence-electron chi connectivity index (χ2n) is 9.03. The van der Waals surface area contributed by atoms with E-state index in [1.165, 1.54) is 0 Å². The van der Waals surface area contributed by atoms with E-state index in [9.17, 15) is 4.79 Å². The molecule has 188 valence electrons. The summed E-state index contributed by atoms with van der Waals surface area (Å²) in [5.74, 6) is 1.44. The number of carbonyl (C=O) groups excluding carboxylic acids is 1. The molecule has 0 spiro atoms. The van der Waals surface area contributed by atoms with Crippen LogP contribution in [0.4, 0.5) is 11.4 Å². The zero-order chi connectivity index (χ0) is 26.5. The highest BCUT2D eigenvalue weighted by Gasteiger charge is 2.27. The number of nitrogens with zero attached hydrogens (tertiary/aromatic N) is 2. The molecule has 2 N–H and O–H groups in total. The smallest absolute Gasteiger partial charge is 0.258 e. The predicted octanol–water partition coefficient (Wildman–Crippen LogP) is 6.63. The molecule has 5 rings (SSSR count). The molecule has 0 atom stereocenters. The molecule has 0 fully saturated rings. The maximum absolute atomic E-state index is 13.9. The van der Waals surface area contributed by atoms with Crippen LogP contribution in [0.3, 0.4) is 0 Å². The SMILES string of the molecule is COc1ccc(/C(C(=O)Nc2ccc(C)cc2)=C2/N=C(c3ccccc3)N=C2Nc2ccc(C)cc2)cc1. The zero-order valence-electron chi connectivity index (χ0n) is 21.5. The third-order valence-electron chi connectivity index (χ3n) is 6.16. The summed E-state index contributed by atoms with van der Waals surface area (Å²) in [5.41, 5.74) is 6.22. The number of hydrogen-bond acceptors (Lipinski definition) is 5. The molecule has 38 heavy (non-hydrogen) atoms. The number of rotatable bonds is 6. The van der Waals surface area contributed by atoms with Crippen LogP contribution in [0.1, 0.15) is 22.3 Å². The molecule has 0 radical (unpaired) electrons. The average molecular weight is 501 g/mol. The molecule has 0 aromatic heterocycles. The van der Waals surface area contributed by atoms with Crippen molar-refractivity contribution in [3.8, 4) is 5.75 Å². The summed E-state index contributed by atoms with van der Waals surface area (Å²) in [6, 6.07) is 32.8. The Morgan fingerprint density at radius 2 is 1.32 bits per heavy atom. The van der Waals surface area contributed by atoms with Crippen molar-refractivity contribution in [3.63, 3.8) is 0 Å². The lowest BCUT2D eigenvalue weighted by molar-refractivity contribution is -0.111. The molecular weight excluding hydrogens is 472 g/mol. The van der Waals surface area contributed by atoms with Gasteiger partial charge in [0.2, 0.25) is 0 Å². The standard InChI is InChI=1S/C32H28N4O2/c1-21-9-15-25(16-10-21)33-31-29(35-30(36-31)24-7-5-4-6-8-24)28(23-13-19-27(38-3)20-14-23)32(37)34-26-17-11-22(2)12-18-26/h4-20H,1-3H3,(H,34,37)(H,33,35,36)/b29-28-. The van der Waals surface area contributed by atoms with Crippen molar-refractivity contribution in [1.29, 1.82) is 0 Å². The molecule has 0 unspecified atom stereocenters. The fraction of sp³-hybridized carbons (Fsp3) is 0.0938. The Labute approximate surface area is 222 Å². The number of ether oxygens (including phenoxy) is 1. The second-order valence-corrected chi connectivity index (χ2v) is 9.03. The van der Waals surface area contributed by atoms with E-state index in [0.717, 1.165) is 22.4 Å². The van der Waals surface area contributed by atoms with Crippen LogP contribution in [-0.4, -0.2) is 24.7 Å². The summed E-state index contributed by atoms with van der Waals surface area (Å²) < 4.78 is 5.35. The van der Waals surface area contributed by atoms with Gasteiger partial charge in [-0.3, -0.25) is 4.79 Å². The third kappa shape index (κ3) is 5.55. The van der Waals surface area contributed by atoms with Gasteiger partial charge in [0.15, 0.2) is 11.7 Å². The van der Waals surface area contributed by atoms with E-state index >= 15 is 0 Å². The normalized spacial score (nSPS) is 13.9. The summed E-state index contributed by atoms with van der Waals surface area (Å²) in [5, 5.41) is 6.43. The Kier molecular flexibility index (Phi) is 7.13. The average Bonchev–Trinajstić information content (AvgIpc) is 3.35. The highest BCUT2D eigenvalue weighted by molar-refractivity contribution is 6.35. The van der Waals surface area contributed by atoms with Crippen LogP contribution in [0.15, 0.2) is 119 Å². The molecule has 0 saturated carbocycles. The van der Waals surface area contributed by atoms with Crippen molar-refractivity contribution >= 4 is 34.5 Å². The molecule has 1 heterocycles. The Hall–Kier alpha value is -4.97. The molecule has 6 nitrogen and oxygen atoms in total. The number of amides is 1. The highest BCUT2D eigenvalue weighted by Crippen LogP contribution is 2.29. The summed E-state index contributed by atoms with van der Waals surface area (Å²) >= 11 is 0. The highest BCUT2D eigenvalue weighted by atomic mass is 16.5. The quantitative estimate of drug-likeness (QED) is 0.292. The van der Waals surface area contributed by atoms with Crippen LogP contribution >= 0.6 is 0 Å². The van der Waals surface area contributed by atoms with E-state index in [0.29, 0.717) is 39.9 Å². The van der Waals surface area contributed by atoms with Gasteiger partial charge in [0.25, 0.3) is 5.91 Å². The molecule has 1 aliphatic rings. The Morgan fingerprint density at radius 3 is 1.92 bits per heavy atom. The predicted molar refractivity (Wildman–Crippen MR) is 155 cm³/mol. The van der Waals surface area contributed by atoms with E-state index in [2.05, 4.69) is 10.6 Å². The number of nitrogens with one attached hydrogen (secondary N) is 2. The molecule has 4 aromatic rings. The molecule has 1 amide bonds. The minimum Gasteiger partial charge on any atom is -0.497 e. The van der Waals surface area contributed by atoms with Crippen molar-refractivity contribution in [2.75, 3.05) is 17.7 Å². The number of amidine groups is 2. The molecule has 0 bridgehead atoms. The number of carbonyl (C=O) groups is 1. The summed E-state index contributed by atoms with van der Waals surface area (Å²) in [6.45, 7) is 4.05. The molecule has 0 saturated heterocycles. The summed E-state index contributed by atoms with van der Waals surface area (Å²) in [7, 11) is 1.61. The van der Waals surface area contributed by atoms with Crippen LogP contribution in [0, 0.1) is 13.8 Å². The van der Waals surface area contributed by atoms with Crippen molar-refractivity contribution in [3.05, 3.63) is 131 Å². The maximum Gasteiger partial charge on any atom is 0.258 e. The number of hydrogen-bond donors (Lipinski definition) is 2. The summed E-state index contributed by atoms with van der Waals surface area (Å²) in [4.78, 5) is 23.6. The Bertz CT molecular complexity index is 1530. The van der Waals surface area contributed by atoms with Crippen LogP contribution in [0.25, 0.3) is 5.57 Å². The number of aryl methyl sites for hydroxylation is 2. The first-order chi connectivity index (χ1) is 18.5. The number of aliphatic imine (C=N–C) groups is 2. The van der Waals surface area contributed by atoms with E-state index in [4.69, 9.17) is 14.7 Å². The van der Waals surface area contributed by atoms with Crippen LogP contribution < -0.4 is 15.4 Å². The van der Waals surface area contributed by atoms with Gasteiger partial charge < -0.3 is 15.4 Å². The van der Waals surface area contributed by atoms with E-state index < -0.39 is 0 Å². The molecule has 0 aliphatic carbocycles.